The Morgan fingerprint density at radius 3 is 2.90 bits per heavy atom. The van der Waals surface area contributed by atoms with Crippen molar-refractivity contribution in [3.8, 4) is 0 Å². The van der Waals surface area contributed by atoms with Gasteiger partial charge in [-0.15, -0.1) is 0 Å². The van der Waals surface area contributed by atoms with Gasteiger partial charge in [0.25, 0.3) is 0 Å². The van der Waals surface area contributed by atoms with E-state index in [0.29, 0.717) is 0 Å². The smallest absolute Gasteiger partial charge is 0.0483 e. The second kappa shape index (κ2) is 5.12. The maximum atomic E-state index is 2.47. The standard InChI is InChI=1S/C19H25N/c1-4-5-6-9-13-19(2)14-12-16-15-10-7-8-11-17(15)20(3)18(16)19/h7-11,13H,4-6,12,14H2,1-3H3/b13-9+. The highest BCUT2D eigenvalue weighted by Crippen LogP contribution is 2.44. The Kier molecular flexibility index (Phi) is 3.45. The Morgan fingerprint density at radius 1 is 1.30 bits per heavy atom. The molecule has 1 atom stereocenters. The number of nitrogens with zero attached hydrogens (tertiary/aromatic N) is 1. The van der Waals surface area contributed by atoms with E-state index in [1.807, 2.05) is 0 Å². The molecule has 0 saturated heterocycles. The van der Waals surface area contributed by atoms with Crippen molar-refractivity contribution in [2.75, 3.05) is 0 Å². The maximum Gasteiger partial charge on any atom is 0.0483 e. The van der Waals surface area contributed by atoms with Crippen molar-refractivity contribution in [2.45, 2.75) is 51.4 Å². The zero-order valence-corrected chi connectivity index (χ0v) is 12.9. The maximum absolute atomic E-state index is 2.47. The number of hydrogen-bond acceptors (Lipinski definition) is 0. The van der Waals surface area contributed by atoms with E-state index in [1.165, 1.54) is 48.7 Å². The Labute approximate surface area is 122 Å². The van der Waals surface area contributed by atoms with Gasteiger partial charge in [-0.1, -0.05) is 57.0 Å². The monoisotopic (exact) mass is 267 g/mol. The zero-order chi connectivity index (χ0) is 14.2. The molecule has 1 nitrogen and oxygen atoms in total. The SMILES string of the molecule is CCCC/C=C/C1(C)CCc2c1n(C)c1ccccc21. The van der Waals surface area contributed by atoms with Crippen LogP contribution in [0.2, 0.25) is 0 Å². The lowest BCUT2D eigenvalue weighted by molar-refractivity contribution is 0.552. The Hall–Kier alpha value is -1.50. The second-order valence-electron chi connectivity index (χ2n) is 6.37. The minimum atomic E-state index is 0.219. The van der Waals surface area contributed by atoms with Crippen LogP contribution in [0.5, 0.6) is 0 Å². The molecule has 1 aromatic heterocycles. The predicted octanol–water partition coefficient (Wildman–Crippen LogP) is 5.13. The van der Waals surface area contributed by atoms with E-state index in [2.05, 4.69) is 61.9 Å². The highest BCUT2D eigenvalue weighted by molar-refractivity contribution is 5.87. The summed E-state index contributed by atoms with van der Waals surface area (Å²) in [5.74, 6) is 0. The van der Waals surface area contributed by atoms with Gasteiger partial charge >= 0.3 is 0 Å². The third-order valence-corrected chi connectivity index (χ3v) is 4.86. The van der Waals surface area contributed by atoms with Gasteiger partial charge in [-0.05, 0) is 30.9 Å². The van der Waals surface area contributed by atoms with Crippen molar-refractivity contribution >= 4 is 10.9 Å². The van der Waals surface area contributed by atoms with E-state index in [-0.39, 0.29) is 5.41 Å². The number of allylic oxidation sites excluding steroid dienone is 2. The molecule has 0 bridgehead atoms. The number of aryl methyl sites for hydroxylation is 2. The number of hydrogen-bond donors (Lipinski definition) is 0. The van der Waals surface area contributed by atoms with Crippen LogP contribution in [0.1, 0.15) is 50.8 Å². The van der Waals surface area contributed by atoms with Gasteiger partial charge in [-0.2, -0.15) is 0 Å². The molecule has 0 fully saturated rings. The van der Waals surface area contributed by atoms with E-state index < -0.39 is 0 Å². The fraction of sp³-hybridized carbons (Fsp3) is 0.474. The van der Waals surface area contributed by atoms with Gasteiger partial charge in [0, 0.05) is 29.1 Å². The fourth-order valence-corrected chi connectivity index (χ4v) is 3.78. The van der Waals surface area contributed by atoms with Crippen molar-refractivity contribution in [2.24, 2.45) is 7.05 Å². The van der Waals surface area contributed by atoms with Crippen LogP contribution in [0.3, 0.4) is 0 Å². The van der Waals surface area contributed by atoms with Crippen molar-refractivity contribution in [1.29, 1.82) is 0 Å². The predicted molar refractivity (Wildman–Crippen MR) is 87.3 cm³/mol. The van der Waals surface area contributed by atoms with E-state index >= 15 is 0 Å². The molecule has 0 aliphatic heterocycles. The first-order valence-electron chi connectivity index (χ1n) is 7.92. The van der Waals surface area contributed by atoms with Crippen LogP contribution in [-0.2, 0) is 18.9 Å². The highest BCUT2D eigenvalue weighted by atomic mass is 15.0. The summed E-state index contributed by atoms with van der Waals surface area (Å²) in [6, 6.07) is 8.83. The van der Waals surface area contributed by atoms with Crippen LogP contribution in [0.15, 0.2) is 36.4 Å². The number of benzene rings is 1. The molecule has 0 N–H and O–H groups in total. The summed E-state index contributed by atoms with van der Waals surface area (Å²) < 4.78 is 2.42. The van der Waals surface area contributed by atoms with E-state index in [1.54, 1.807) is 5.56 Å². The van der Waals surface area contributed by atoms with Gasteiger partial charge in [-0.3, -0.25) is 0 Å². The van der Waals surface area contributed by atoms with Gasteiger partial charge in [0.05, 0.1) is 0 Å². The van der Waals surface area contributed by atoms with Crippen molar-refractivity contribution in [1.82, 2.24) is 4.57 Å². The van der Waals surface area contributed by atoms with Crippen LogP contribution in [-0.4, -0.2) is 4.57 Å². The molecule has 0 radical (unpaired) electrons. The van der Waals surface area contributed by atoms with E-state index in [9.17, 15) is 0 Å². The van der Waals surface area contributed by atoms with Gasteiger partial charge in [0.1, 0.15) is 0 Å². The molecule has 1 aliphatic carbocycles. The number of fused-ring (bicyclic) bond motifs is 3. The molecular weight excluding hydrogens is 242 g/mol. The Bertz CT molecular complexity index is 647. The first-order valence-corrected chi connectivity index (χ1v) is 7.92. The number of aromatic nitrogens is 1. The average Bonchev–Trinajstić information content (AvgIpc) is 2.95. The molecule has 0 amide bonds. The van der Waals surface area contributed by atoms with Gasteiger partial charge < -0.3 is 4.57 Å². The molecule has 0 saturated carbocycles. The molecule has 1 unspecified atom stereocenters. The number of unbranched alkanes of at least 4 members (excludes halogenated alkanes) is 2. The summed E-state index contributed by atoms with van der Waals surface area (Å²) in [4.78, 5) is 0. The third-order valence-electron chi connectivity index (χ3n) is 4.86. The summed E-state index contributed by atoms with van der Waals surface area (Å²) in [5, 5.41) is 1.45. The first kappa shape index (κ1) is 13.5. The lowest BCUT2D eigenvalue weighted by atomic mass is 9.87. The summed E-state index contributed by atoms with van der Waals surface area (Å²) in [5.41, 5.74) is 4.71. The topological polar surface area (TPSA) is 4.93 Å². The lowest BCUT2D eigenvalue weighted by Gasteiger charge is -2.22. The van der Waals surface area contributed by atoms with Crippen LogP contribution < -0.4 is 0 Å². The van der Waals surface area contributed by atoms with Crippen molar-refractivity contribution in [3.63, 3.8) is 0 Å². The van der Waals surface area contributed by atoms with Gasteiger partial charge in [0.15, 0.2) is 0 Å². The number of para-hydroxylation sites is 1. The largest absolute Gasteiger partial charge is 0.347 e. The van der Waals surface area contributed by atoms with Crippen molar-refractivity contribution in [3.05, 3.63) is 47.7 Å². The normalized spacial score (nSPS) is 21.9. The molecule has 1 aromatic carbocycles. The van der Waals surface area contributed by atoms with Crippen LogP contribution in [0.4, 0.5) is 0 Å². The first-order chi connectivity index (χ1) is 9.67. The van der Waals surface area contributed by atoms with Gasteiger partial charge in [-0.25, -0.2) is 0 Å². The summed E-state index contributed by atoms with van der Waals surface area (Å²) in [6.07, 6.45) is 11.1. The molecule has 0 spiro atoms. The molecule has 106 valence electrons. The van der Waals surface area contributed by atoms with E-state index in [0.717, 1.165) is 0 Å². The second-order valence-corrected chi connectivity index (χ2v) is 6.37. The number of rotatable bonds is 4. The molecule has 1 heterocycles. The molecule has 20 heavy (non-hydrogen) atoms. The van der Waals surface area contributed by atoms with Crippen LogP contribution in [0, 0.1) is 0 Å². The average molecular weight is 267 g/mol. The fourth-order valence-electron chi connectivity index (χ4n) is 3.78. The van der Waals surface area contributed by atoms with Crippen molar-refractivity contribution < 1.29 is 0 Å². The van der Waals surface area contributed by atoms with Crippen LogP contribution in [0.25, 0.3) is 10.9 Å². The third kappa shape index (κ3) is 2.00. The molecular formula is C19H25N. The Morgan fingerprint density at radius 2 is 2.10 bits per heavy atom. The minimum Gasteiger partial charge on any atom is -0.347 e. The Balaban J connectivity index is 2.02. The summed E-state index contributed by atoms with van der Waals surface area (Å²) in [7, 11) is 2.23. The molecule has 1 aliphatic rings. The minimum absolute atomic E-state index is 0.219. The molecule has 3 rings (SSSR count). The lowest BCUT2D eigenvalue weighted by Crippen LogP contribution is -2.18. The highest BCUT2D eigenvalue weighted by Gasteiger charge is 2.36. The molecule has 2 aromatic rings. The van der Waals surface area contributed by atoms with Crippen LogP contribution >= 0.6 is 0 Å². The van der Waals surface area contributed by atoms with E-state index in [4.69, 9.17) is 0 Å². The summed E-state index contributed by atoms with van der Waals surface area (Å²) >= 11 is 0. The molecule has 1 heteroatoms. The summed E-state index contributed by atoms with van der Waals surface area (Å²) in [6.45, 7) is 4.66. The zero-order valence-electron chi connectivity index (χ0n) is 12.9. The van der Waals surface area contributed by atoms with Gasteiger partial charge in [0.2, 0.25) is 0 Å². The quantitative estimate of drug-likeness (QED) is 0.534.